The fraction of sp³-hybridized carbons (Fsp3) is 0.200. The summed E-state index contributed by atoms with van der Waals surface area (Å²) < 4.78 is 47.6. The number of carbonyl (C=O) groups is 1. The first-order valence-corrected chi connectivity index (χ1v) is 8.69. The van der Waals surface area contributed by atoms with Gasteiger partial charge in [0, 0.05) is 12.1 Å². The molecule has 0 unspecified atom stereocenters. The Bertz CT molecular complexity index is 951. The van der Waals surface area contributed by atoms with Crippen LogP contribution < -0.4 is 10.1 Å². The molecule has 2 aromatic carbocycles. The molecular weight excluding hydrogens is 371 g/mol. The molecule has 1 heterocycles. The number of hydrogen-bond acceptors (Lipinski definition) is 3. The Kier molecular flexibility index (Phi) is 5.98. The van der Waals surface area contributed by atoms with Crippen LogP contribution in [0, 0.1) is 17.5 Å². The molecule has 0 aliphatic rings. The van der Waals surface area contributed by atoms with Gasteiger partial charge in [-0.2, -0.15) is 5.10 Å². The molecule has 0 atom stereocenters. The van der Waals surface area contributed by atoms with Crippen LogP contribution in [-0.4, -0.2) is 22.3 Å². The molecule has 5 nitrogen and oxygen atoms in total. The van der Waals surface area contributed by atoms with Crippen LogP contribution in [0.1, 0.15) is 29.4 Å². The standard InChI is InChI=1S/C20H18F3N3O2/c1-2-10-28-18-12-26(14-8-6-13(21)7-9-14)25-19(18)20(27)24-11-15-16(22)4-3-5-17(15)23/h3-9,12H,2,10-11H2,1H3,(H,24,27). The van der Waals surface area contributed by atoms with Gasteiger partial charge in [-0.05, 0) is 42.8 Å². The number of halogens is 3. The minimum Gasteiger partial charge on any atom is -0.489 e. The van der Waals surface area contributed by atoms with Crippen LogP contribution in [0.2, 0.25) is 0 Å². The Hall–Kier alpha value is -3.29. The number of carbonyl (C=O) groups excluding carboxylic acids is 1. The summed E-state index contributed by atoms with van der Waals surface area (Å²) >= 11 is 0. The summed E-state index contributed by atoms with van der Waals surface area (Å²) in [6.45, 7) is 1.93. The Morgan fingerprint density at radius 2 is 1.79 bits per heavy atom. The van der Waals surface area contributed by atoms with Gasteiger partial charge >= 0.3 is 0 Å². The molecule has 0 aliphatic carbocycles. The number of nitrogens with zero attached hydrogens (tertiary/aromatic N) is 2. The second-order valence-corrected chi connectivity index (χ2v) is 5.99. The van der Waals surface area contributed by atoms with Crippen molar-refractivity contribution in [1.29, 1.82) is 0 Å². The lowest BCUT2D eigenvalue weighted by Gasteiger charge is -2.07. The van der Waals surface area contributed by atoms with Gasteiger partial charge in [0.05, 0.1) is 18.5 Å². The third-order valence-electron chi connectivity index (χ3n) is 3.94. The Labute approximate surface area is 159 Å². The highest BCUT2D eigenvalue weighted by Gasteiger charge is 2.20. The smallest absolute Gasteiger partial charge is 0.275 e. The Morgan fingerprint density at radius 1 is 1.11 bits per heavy atom. The number of aromatic nitrogens is 2. The highest BCUT2D eigenvalue weighted by molar-refractivity contribution is 5.94. The van der Waals surface area contributed by atoms with E-state index in [2.05, 4.69) is 10.4 Å². The molecule has 0 aliphatic heterocycles. The van der Waals surface area contributed by atoms with Crippen molar-refractivity contribution in [1.82, 2.24) is 15.1 Å². The largest absolute Gasteiger partial charge is 0.489 e. The summed E-state index contributed by atoms with van der Waals surface area (Å²) in [7, 11) is 0. The molecule has 0 saturated heterocycles. The second kappa shape index (κ2) is 8.60. The van der Waals surface area contributed by atoms with Gasteiger partial charge in [0.15, 0.2) is 11.4 Å². The first-order chi connectivity index (χ1) is 13.5. The fourth-order valence-electron chi connectivity index (χ4n) is 2.51. The lowest BCUT2D eigenvalue weighted by atomic mass is 10.2. The van der Waals surface area contributed by atoms with Gasteiger partial charge in [-0.1, -0.05) is 13.0 Å². The highest BCUT2D eigenvalue weighted by Crippen LogP contribution is 2.21. The van der Waals surface area contributed by atoms with E-state index in [1.54, 1.807) is 0 Å². The molecule has 1 aromatic heterocycles. The predicted molar refractivity (Wildman–Crippen MR) is 96.8 cm³/mol. The van der Waals surface area contributed by atoms with Crippen molar-refractivity contribution in [3.63, 3.8) is 0 Å². The van der Waals surface area contributed by atoms with Gasteiger partial charge < -0.3 is 10.1 Å². The van der Waals surface area contributed by atoms with E-state index in [0.29, 0.717) is 18.7 Å². The zero-order valence-electron chi connectivity index (χ0n) is 15.1. The molecule has 0 fully saturated rings. The van der Waals surface area contributed by atoms with Crippen LogP contribution in [0.25, 0.3) is 5.69 Å². The van der Waals surface area contributed by atoms with Crippen molar-refractivity contribution in [3.8, 4) is 11.4 Å². The molecule has 3 aromatic rings. The monoisotopic (exact) mass is 389 g/mol. The quantitative estimate of drug-likeness (QED) is 0.664. The zero-order valence-corrected chi connectivity index (χ0v) is 15.1. The van der Waals surface area contributed by atoms with Crippen molar-refractivity contribution in [2.45, 2.75) is 19.9 Å². The first kappa shape index (κ1) is 19.5. The van der Waals surface area contributed by atoms with Crippen molar-refractivity contribution in [2.24, 2.45) is 0 Å². The molecule has 0 radical (unpaired) electrons. The van der Waals surface area contributed by atoms with E-state index in [9.17, 15) is 18.0 Å². The molecule has 3 rings (SSSR count). The molecule has 0 spiro atoms. The van der Waals surface area contributed by atoms with E-state index < -0.39 is 23.4 Å². The number of ether oxygens (including phenoxy) is 1. The van der Waals surface area contributed by atoms with Crippen LogP contribution >= 0.6 is 0 Å². The van der Waals surface area contributed by atoms with Gasteiger partial charge in [-0.3, -0.25) is 4.79 Å². The van der Waals surface area contributed by atoms with E-state index >= 15 is 0 Å². The SMILES string of the molecule is CCCOc1cn(-c2ccc(F)cc2)nc1C(=O)NCc1c(F)cccc1F. The highest BCUT2D eigenvalue weighted by atomic mass is 19.1. The van der Waals surface area contributed by atoms with Gasteiger partial charge in [0.25, 0.3) is 5.91 Å². The maximum absolute atomic E-state index is 13.7. The molecular formula is C20H18F3N3O2. The number of hydrogen-bond donors (Lipinski definition) is 1. The Balaban J connectivity index is 1.84. The summed E-state index contributed by atoms with van der Waals surface area (Å²) in [5.74, 6) is -2.32. The van der Waals surface area contributed by atoms with Crippen LogP contribution in [0.3, 0.4) is 0 Å². The summed E-state index contributed by atoms with van der Waals surface area (Å²) in [4.78, 5) is 12.6. The van der Waals surface area contributed by atoms with Crippen molar-refractivity contribution >= 4 is 5.91 Å². The van der Waals surface area contributed by atoms with Crippen LogP contribution in [0.15, 0.2) is 48.7 Å². The Morgan fingerprint density at radius 3 is 2.43 bits per heavy atom. The van der Waals surface area contributed by atoms with Gasteiger partial charge in [-0.25, -0.2) is 17.9 Å². The lowest BCUT2D eigenvalue weighted by Crippen LogP contribution is -2.25. The maximum atomic E-state index is 13.7. The maximum Gasteiger partial charge on any atom is 0.275 e. The van der Waals surface area contributed by atoms with Crippen LogP contribution in [0.4, 0.5) is 13.2 Å². The van der Waals surface area contributed by atoms with Crippen molar-refractivity contribution < 1.29 is 22.7 Å². The minimum atomic E-state index is -0.750. The summed E-state index contributed by atoms with van der Waals surface area (Å²) in [6.07, 6.45) is 2.21. The summed E-state index contributed by atoms with van der Waals surface area (Å²) in [6, 6.07) is 9.02. The third-order valence-corrected chi connectivity index (χ3v) is 3.94. The second-order valence-electron chi connectivity index (χ2n) is 5.99. The normalized spacial score (nSPS) is 10.7. The van der Waals surface area contributed by atoms with E-state index in [4.69, 9.17) is 4.74 Å². The number of benzene rings is 2. The van der Waals surface area contributed by atoms with Crippen molar-refractivity contribution in [3.05, 3.63) is 77.4 Å². The molecule has 8 heteroatoms. The van der Waals surface area contributed by atoms with Gasteiger partial charge in [-0.15, -0.1) is 0 Å². The predicted octanol–water partition coefficient (Wildman–Crippen LogP) is 4.01. The van der Waals surface area contributed by atoms with E-state index in [1.165, 1.54) is 41.2 Å². The number of rotatable bonds is 7. The summed E-state index contributed by atoms with van der Waals surface area (Å²) in [5, 5.41) is 6.64. The molecule has 1 N–H and O–H groups in total. The van der Waals surface area contributed by atoms with Gasteiger partial charge in [0.2, 0.25) is 0 Å². The molecule has 0 bridgehead atoms. The topological polar surface area (TPSA) is 56.2 Å². The fourth-order valence-corrected chi connectivity index (χ4v) is 2.51. The average Bonchev–Trinajstić information content (AvgIpc) is 3.10. The first-order valence-electron chi connectivity index (χ1n) is 8.69. The number of amides is 1. The molecule has 146 valence electrons. The van der Waals surface area contributed by atoms with E-state index in [-0.39, 0.29) is 23.6 Å². The zero-order chi connectivity index (χ0) is 20.1. The molecule has 1 amide bonds. The third kappa shape index (κ3) is 4.33. The van der Waals surface area contributed by atoms with Crippen molar-refractivity contribution in [2.75, 3.05) is 6.61 Å². The van der Waals surface area contributed by atoms with E-state index in [1.807, 2.05) is 6.92 Å². The molecule has 28 heavy (non-hydrogen) atoms. The lowest BCUT2D eigenvalue weighted by molar-refractivity contribution is 0.0941. The van der Waals surface area contributed by atoms with Gasteiger partial charge in [0.1, 0.15) is 17.5 Å². The molecule has 0 saturated carbocycles. The summed E-state index contributed by atoms with van der Waals surface area (Å²) in [5.41, 5.74) is 0.251. The number of nitrogens with one attached hydrogen (secondary N) is 1. The minimum absolute atomic E-state index is 0.0328. The van der Waals surface area contributed by atoms with E-state index in [0.717, 1.165) is 12.1 Å². The van der Waals surface area contributed by atoms with Crippen LogP contribution in [-0.2, 0) is 6.54 Å². The average molecular weight is 389 g/mol. The van der Waals surface area contributed by atoms with Crippen LogP contribution in [0.5, 0.6) is 5.75 Å².